The quantitative estimate of drug-likeness (QED) is 0.295. The van der Waals surface area contributed by atoms with E-state index in [4.69, 9.17) is 27.7 Å². The van der Waals surface area contributed by atoms with Gasteiger partial charge in [-0.3, -0.25) is 22.0 Å². The zero-order valence-electron chi connectivity index (χ0n) is 15.9. The lowest BCUT2D eigenvalue weighted by Crippen LogP contribution is -2.54. The monoisotopic (exact) mass is 372 g/mol. The second kappa shape index (κ2) is 7.96. The number of hydrogen-bond donors (Lipinski definition) is 5. The number of rotatable bonds is 6. The molecule has 7 heteroatoms. The number of ether oxygens (including phenoxy) is 1. The minimum absolute atomic E-state index is 0.0399. The van der Waals surface area contributed by atoms with Crippen molar-refractivity contribution in [3.05, 3.63) is 47.5 Å². The summed E-state index contributed by atoms with van der Waals surface area (Å²) in [6.07, 6.45) is 0.597. The predicted octanol–water partition coefficient (Wildman–Crippen LogP) is 1.93. The van der Waals surface area contributed by atoms with E-state index in [0.717, 1.165) is 5.56 Å². The fourth-order valence-electron chi connectivity index (χ4n) is 3.10. The van der Waals surface area contributed by atoms with Gasteiger partial charge in [0.1, 0.15) is 11.5 Å². The standard InChI is InChI=1S/C20H28N4O3/c1-11(2)6-16(19(26)27-3)14-7-13(8-15(25)9-14)12-4-5-18(21)17(10-12)20(22,23)24/h4-5,7-11,16,25H,6,21-24H2,1-3H3. The Morgan fingerprint density at radius 1 is 1.11 bits per heavy atom. The summed E-state index contributed by atoms with van der Waals surface area (Å²) in [6, 6.07) is 10.1. The van der Waals surface area contributed by atoms with Crippen molar-refractivity contribution in [3.63, 3.8) is 0 Å². The molecule has 9 N–H and O–H groups in total. The molecule has 0 heterocycles. The topological polar surface area (TPSA) is 151 Å². The van der Waals surface area contributed by atoms with Gasteiger partial charge in [-0.25, -0.2) is 0 Å². The van der Waals surface area contributed by atoms with Gasteiger partial charge in [-0.2, -0.15) is 0 Å². The first-order valence-corrected chi connectivity index (χ1v) is 8.71. The maximum Gasteiger partial charge on any atom is 0.313 e. The number of hydrogen-bond acceptors (Lipinski definition) is 7. The molecule has 0 bridgehead atoms. The van der Waals surface area contributed by atoms with E-state index >= 15 is 0 Å². The Bertz CT molecular complexity index is 828. The molecule has 0 fully saturated rings. The Hall–Kier alpha value is -2.61. The third kappa shape index (κ3) is 4.97. The van der Waals surface area contributed by atoms with Crippen molar-refractivity contribution >= 4 is 11.7 Å². The fraction of sp³-hybridized carbons (Fsp3) is 0.350. The molecule has 0 radical (unpaired) electrons. The SMILES string of the molecule is COC(=O)C(CC(C)C)c1cc(O)cc(-c2ccc(N)c(C(N)(N)N)c2)c1. The molecule has 27 heavy (non-hydrogen) atoms. The highest BCUT2D eigenvalue weighted by Gasteiger charge is 2.24. The number of carbonyl (C=O) groups excluding carboxylic acids is 1. The molecule has 0 aliphatic heterocycles. The molecule has 0 aliphatic carbocycles. The third-order valence-electron chi connectivity index (χ3n) is 4.39. The molecule has 0 aromatic heterocycles. The van der Waals surface area contributed by atoms with Gasteiger partial charge in [-0.1, -0.05) is 26.0 Å². The molecule has 2 rings (SSSR count). The minimum atomic E-state index is -1.59. The Labute approximate surface area is 159 Å². The predicted molar refractivity (Wildman–Crippen MR) is 106 cm³/mol. The Morgan fingerprint density at radius 3 is 2.33 bits per heavy atom. The number of esters is 1. The van der Waals surface area contributed by atoms with Gasteiger partial charge in [0.25, 0.3) is 0 Å². The Morgan fingerprint density at radius 2 is 1.78 bits per heavy atom. The summed E-state index contributed by atoms with van der Waals surface area (Å²) in [5.41, 5.74) is 26.1. The highest BCUT2D eigenvalue weighted by molar-refractivity contribution is 5.80. The molecule has 1 atom stereocenters. The lowest BCUT2D eigenvalue weighted by molar-refractivity contribution is -0.142. The summed E-state index contributed by atoms with van der Waals surface area (Å²) in [5, 5.41) is 10.2. The van der Waals surface area contributed by atoms with Crippen LogP contribution in [0, 0.1) is 5.92 Å². The second-order valence-corrected chi connectivity index (χ2v) is 7.25. The van der Waals surface area contributed by atoms with Crippen LogP contribution in [-0.4, -0.2) is 18.2 Å². The van der Waals surface area contributed by atoms with E-state index in [-0.39, 0.29) is 17.6 Å². The highest BCUT2D eigenvalue weighted by atomic mass is 16.5. The number of carbonyl (C=O) groups is 1. The van der Waals surface area contributed by atoms with Crippen LogP contribution < -0.4 is 22.9 Å². The van der Waals surface area contributed by atoms with Crippen LogP contribution in [-0.2, 0) is 15.3 Å². The molecule has 0 aliphatic rings. The van der Waals surface area contributed by atoms with E-state index in [9.17, 15) is 9.90 Å². The molecule has 7 nitrogen and oxygen atoms in total. The third-order valence-corrected chi connectivity index (χ3v) is 4.39. The Balaban J connectivity index is 2.56. The number of benzene rings is 2. The van der Waals surface area contributed by atoms with Crippen molar-refractivity contribution in [2.24, 2.45) is 23.1 Å². The maximum atomic E-state index is 12.3. The summed E-state index contributed by atoms with van der Waals surface area (Å²) >= 11 is 0. The number of nitrogen functional groups attached to an aromatic ring is 1. The lowest BCUT2D eigenvalue weighted by atomic mass is 9.88. The van der Waals surface area contributed by atoms with Gasteiger partial charge in [0.2, 0.25) is 0 Å². The Kier molecular flexibility index (Phi) is 6.10. The smallest absolute Gasteiger partial charge is 0.313 e. The first-order chi connectivity index (χ1) is 12.5. The van der Waals surface area contributed by atoms with Crippen molar-refractivity contribution in [2.45, 2.75) is 32.0 Å². The van der Waals surface area contributed by atoms with Crippen molar-refractivity contribution < 1.29 is 14.6 Å². The molecule has 2 aromatic rings. The van der Waals surface area contributed by atoms with Crippen molar-refractivity contribution in [2.75, 3.05) is 12.8 Å². The number of methoxy groups -OCH3 is 1. The van der Waals surface area contributed by atoms with Gasteiger partial charge in [0.05, 0.1) is 13.0 Å². The molecule has 0 saturated carbocycles. The van der Waals surface area contributed by atoms with E-state index < -0.39 is 11.7 Å². The molecule has 0 saturated heterocycles. The second-order valence-electron chi connectivity index (χ2n) is 7.25. The van der Waals surface area contributed by atoms with Gasteiger partial charge in [0, 0.05) is 11.3 Å². The number of nitrogens with two attached hydrogens (primary N) is 4. The zero-order valence-corrected chi connectivity index (χ0v) is 15.9. The summed E-state index contributed by atoms with van der Waals surface area (Å²) in [5.74, 6) is -2.10. The van der Waals surface area contributed by atoms with E-state index in [0.29, 0.717) is 28.8 Å². The number of phenolic OH excluding ortho intramolecular Hbond substituents is 1. The summed E-state index contributed by atoms with van der Waals surface area (Å²) in [4.78, 5) is 12.3. The lowest BCUT2D eigenvalue weighted by Gasteiger charge is -2.22. The molecule has 2 aromatic carbocycles. The van der Waals surface area contributed by atoms with E-state index in [1.54, 1.807) is 30.3 Å². The van der Waals surface area contributed by atoms with Gasteiger partial charge in [-0.15, -0.1) is 0 Å². The zero-order chi connectivity index (χ0) is 20.4. The molecule has 0 amide bonds. The van der Waals surface area contributed by atoms with Crippen molar-refractivity contribution in [1.82, 2.24) is 0 Å². The van der Waals surface area contributed by atoms with Crippen LogP contribution in [0.2, 0.25) is 0 Å². The number of aromatic hydroxyl groups is 1. The number of anilines is 1. The highest BCUT2D eigenvalue weighted by Crippen LogP contribution is 2.34. The van der Waals surface area contributed by atoms with Crippen LogP contribution in [0.15, 0.2) is 36.4 Å². The van der Waals surface area contributed by atoms with Crippen LogP contribution in [0.4, 0.5) is 5.69 Å². The van der Waals surface area contributed by atoms with Crippen LogP contribution >= 0.6 is 0 Å². The minimum Gasteiger partial charge on any atom is -0.508 e. The maximum absolute atomic E-state index is 12.3. The molecule has 0 spiro atoms. The van der Waals surface area contributed by atoms with Crippen molar-refractivity contribution in [3.8, 4) is 16.9 Å². The van der Waals surface area contributed by atoms with Crippen LogP contribution in [0.3, 0.4) is 0 Å². The summed E-state index contributed by atoms with van der Waals surface area (Å²) < 4.78 is 4.95. The van der Waals surface area contributed by atoms with Crippen molar-refractivity contribution in [1.29, 1.82) is 0 Å². The normalized spacial score (nSPS) is 12.9. The van der Waals surface area contributed by atoms with E-state index in [2.05, 4.69) is 0 Å². The van der Waals surface area contributed by atoms with E-state index in [1.165, 1.54) is 7.11 Å². The largest absolute Gasteiger partial charge is 0.508 e. The average molecular weight is 372 g/mol. The van der Waals surface area contributed by atoms with Crippen LogP contribution in [0.1, 0.15) is 37.3 Å². The van der Waals surface area contributed by atoms with Gasteiger partial charge in [-0.05, 0) is 53.3 Å². The first kappa shape index (κ1) is 20.7. The average Bonchev–Trinajstić information content (AvgIpc) is 2.57. The number of phenols is 1. The van der Waals surface area contributed by atoms with Crippen LogP contribution in [0.5, 0.6) is 5.75 Å². The summed E-state index contributed by atoms with van der Waals surface area (Å²) in [6.45, 7) is 4.05. The van der Waals surface area contributed by atoms with Gasteiger partial charge in [0.15, 0.2) is 0 Å². The van der Waals surface area contributed by atoms with Gasteiger partial charge < -0.3 is 15.6 Å². The van der Waals surface area contributed by atoms with E-state index in [1.807, 2.05) is 19.9 Å². The molecular weight excluding hydrogens is 344 g/mol. The van der Waals surface area contributed by atoms with Gasteiger partial charge >= 0.3 is 5.97 Å². The molecule has 1 unspecified atom stereocenters. The molecule has 146 valence electrons. The first-order valence-electron chi connectivity index (χ1n) is 8.71. The molecular formula is C20H28N4O3. The van der Waals surface area contributed by atoms with Crippen LogP contribution in [0.25, 0.3) is 11.1 Å². The summed E-state index contributed by atoms with van der Waals surface area (Å²) in [7, 11) is 1.36. The fourth-order valence-corrected chi connectivity index (χ4v) is 3.10.